The Bertz CT molecular complexity index is 566. The third kappa shape index (κ3) is 4.31. The van der Waals surface area contributed by atoms with Gasteiger partial charge in [0.15, 0.2) is 5.76 Å². The fourth-order valence-corrected chi connectivity index (χ4v) is 2.10. The molecule has 5 heteroatoms. The second kappa shape index (κ2) is 7.81. The Hall–Kier alpha value is -1.85. The second-order valence-corrected chi connectivity index (χ2v) is 4.85. The predicted molar refractivity (Wildman–Crippen MR) is 80.1 cm³/mol. The molecule has 0 amide bonds. The molecule has 0 spiro atoms. The van der Waals surface area contributed by atoms with Crippen molar-refractivity contribution < 1.29 is 14.0 Å². The van der Waals surface area contributed by atoms with Gasteiger partial charge in [0.25, 0.3) is 0 Å². The summed E-state index contributed by atoms with van der Waals surface area (Å²) in [5.41, 5.74) is 3.03. The normalized spacial score (nSPS) is 10.8. The van der Waals surface area contributed by atoms with Crippen molar-refractivity contribution in [3.05, 3.63) is 46.8 Å². The Morgan fingerprint density at radius 3 is 2.90 bits per heavy atom. The summed E-state index contributed by atoms with van der Waals surface area (Å²) in [7, 11) is 1.62. The number of hydrogen-bond acceptors (Lipinski definition) is 5. The van der Waals surface area contributed by atoms with Gasteiger partial charge in [-0.2, -0.15) is 0 Å². The highest BCUT2D eigenvalue weighted by Gasteiger charge is 2.09. The highest BCUT2D eigenvalue weighted by atomic mass is 16.5. The van der Waals surface area contributed by atoms with Crippen LogP contribution in [-0.4, -0.2) is 18.8 Å². The van der Waals surface area contributed by atoms with Crippen LogP contribution in [0.15, 0.2) is 28.8 Å². The number of nitrogens with zero attached hydrogens (tertiary/aromatic N) is 1. The summed E-state index contributed by atoms with van der Waals surface area (Å²) in [6, 6.07) is 8.02. The summed E-state index contributed by atoms with van der Waals surface area (Å²) in [5, 5.41) is 7.30. The zero-order chi connectivity index (χ0) is 15.1. The van der Waals surface area contributed by atoms with E-state index < -0.39 is 0 Å². The van der Waals surface area contributed by atoms with Crippen molar-refractivity contribution in [2.24, 2.45) is 0 Å². The van der Waals surface area contributed by atoms with Crippen LogP contribution in [0.3, 0.4) is 0 Å². The molecule has 0 radical (unpaired) electrons. The van der Waals surface area contributed by atoms with Crippen LogP contribution in [0.2, 0.25) is 0 Å². The van der Waals surface area contributed by atoms with E-state index in [1.165, 1.54) is 0 Å². The molecule has 0 atom stereocenters. The van der Waals surface area contributed by atoms with E-state index in [1.807, 2.05) is 25.1 Å². The van der Waals surface area contributed by atoms with E-state index in [0.29, 0.717) is 19.0 Å². The van der Waals surface area contributed by atoms with Crippen molar-refractivity contribution >= 4 is 0 Å². The van der Waals surface area contributed by atoms with Gasteiger partial charge in [0.05, 0.1) is 0 Å². The van der Waals surface area contributed by atoms with E-state index >= 15 is 0 Å². The quantitative estimate of drug-likeness (QED) is 0.810. The van der Waals surface area contributed by atoms with Crippen LogP contribution < -0.4 is 10.1 Å². The molecule has 2 aromatic rings. The number of aromatic nitrogens is 1. The average Bonchev–Trinajstić information content (AvgIpc) is 2.92. The van der Waals surface area contributed by atoms with E-state index in [1.54, 1.807) is 7.11 Å². The Morgan fingerprint density at radius 1 is 1.29 bits per heavy atom. The fraction of sp³-hybridized carbons (Fsp3) is 0.438. The number of para-hydroxylation sites is 1. The van der Waals surface area contributed by atoms with Crippen LogP contribution in [-0.2, 0) is 24.5 Å². The number of aryl methyl sites for hydroxylation is 1. The highest BCUT2D eigenvalue weighted by Crippen LogP contribution is 2.24. The lowest BCUT2D eigenvalue weighted by Crippen LogP contribution is -2.13. The Kier molecular flexibility index (Phi) is 5.78. The lowest BCUT2D eigenvalue weighted by molar-refractivity contribution is 0.155. The topological polar surface area (TPSA) is 56.5 Å². The van der Waals surface area contributed by atoms with E-state index in [4.69, 9.17) is 14.0 Å². The first kappa shape index (κ1) is 15.5. The van der Waals surface area contributed by atoms with E-state index in [0.717, 1.165) is 35.7 Å². The molecular formula is C16H22N2O3. The number of rotatable bonds is 8. The largest absolute Gasteiger partial charge is 0.487 e. The van der Waals surface area contributed by atoms with E-state index in [2.05, 4.69) is 23.5 Å². The minimum absolute atomic E-state index is 0.386. The Labute approximate surface area is 125 Å². The SMILES string of the molecule is CCNCc1cccc(C)c1OCc1cc(COC)on1. The van der Waals surface area contributed by atoms with Gasteiger partial charge in [-0.15, -0.1) is 0 Å². The molecule has 0 unspecified atom stereocenters. The van der Waals surface area contributed by atoms with Gasteiger partial charge < -0.3 is 19.3 Å². The number of benzene rings is 1. The van der Waals surface area contributed by atoms with Crippen molar-refractivity contribution in [3.8, 4) is 5.75 Å². The second-order valence-electron chi connectivity index (χ2n) is 4.85. The highest BCUT2D eigenvalue weighted by molar-refractivity contribution is 5.40. The van der Waals surface area contributed by atoms with Gasteiger partial charge >= 0.3 is 0 Å². The van der Waals surface area contributed by atoms with Gasteiger partial charge in [0.2, 0.25) is 0 Å². The Balaban J connectivity index is 2.04. The van der Waals surface area contributed by atoms with Gasteiger partial charge in [-0.25, -0.2) is 0 Å². The molecule has 5 nitrogen and oxygen atoms in total. The summed E-state index contributed by atoms with van der Waals surface area (Å²) in [4.78, 5) is 0. The van der Waals surface area contributed by atoms with E-state index in [9.17, 15) is 0 Å². The standard InChI is InChI=1S/C16H22N2O3/c1-4-17-9-13-7-5-6-12(2)16(13)20-10-14-8-15(11-19-3)21-18-14/h5-8,17H,4,9-11H2,1-3H3. The monoisotopic (exact) mass is 290 g/mol. The molecule has 1 aromatic heterocycles. The van der Waals surface area contributed by atoms with Crippen LogP contribution in [0, 0.1) is 6.92 Å². The smallest absolute Gasteiger partial charge is 0.162 e. The molecule has 21 heavy (non-hydrogen) atoms. The van der Waals surface area contributed by atoms with Gasteiger partial charge in [-0.3, -0.25) is 0 Å². The molecule has 0 fully saturated rings. The van der Waals surface area contributed by atoms with Gasteiger partial charge in [-0.05, 0) is 19.0 Å². The molecule has 0 saturated carbocycles. The summed E-state index contributed by atoms with van der Waals surface area (Å²) >= 11 is 0. The zero-order valence-electron chi connectivity index (χ0n) is 12.8. The van der Waals surface area contributed by atoms with Crippen molar-refractivity contribution in [1.29, 1.82) is 0 Å². The van der Waals surface area contributed by atoms with Crippen molar-refractivity contribution in [3.63, 3.8) is 0 Å². The lowest BCUT2D eigenvalue weighted by Gasteiger charge is -2.13. The molecule has 2 rings (SSSR count). The third-order valence-corrected chi connectivity index (χ3v) is 3.12. The van der Waals surface area contributed by atoms with Gasteiger partial charge in [0, 0.05) is 25.3 Å². The van der Waals surface area contributed by atoms with Crippen LogP contribution in [0.4, 0.5) is 0 Å². The molecule has 0 saturated heterocycles. The molecule has 1 N–H and O–H groups in total. The lowest BCUT2D eigenvalue weighted by atomic mass is 10.1. The fourth-order valence-electron chi connectivity index (χ4n) is 2.10. The first-order valence-corrected chi connectivity index (χ1v) is 7.10. The van der Waals surface area contributed by atoms with Gasteiger partial charge in [0.1, 0.15) is 24.7 Å². The maximum atomic E-state index is 5.94. The molecule has 0 aliphatic carbocycles. The predicted octanol–water partition coefficient (Wildman–Crippen LogP) is 2.82. The molecule has 1 aromatic carbocycles. The van der Waals surface area contributed by atoms with Crippen LogP contribution in [0.1, 0.15) is 29.5 Å². The van der Waals surface area contributed by atoms with Crippen LogP contribution in [0.5, 0.6) is 5.75 Å². The summed E-state index contributed by atoms with van der Waals surface area (Å²) in [5.74, 6) is 1.61. The maximum absolute atomic E-state index is 5.94. The van der Waals surface area contributed by atoms with Crippen molar-refractivity contribution in [1.82, 2.24) is 10.5 Å². The molecule has 114 valence electrons. The number of ether oxygens (including phenoxy) is 2. The van der Waals surface area contributed by atoms with Crippen LogP contribution >= 0.6 is 0 Å². The number of methoxy groups -OCH3 is 1. The summed E-state index contributed by atoms with van der Waals surface area (Å²) < 4.78 is 16.1. The minimum atomic E-state index is 0.386. The molecular weight excluding hydrogens is 268 g/mol. The molecule has 0 aliphatic rings. The number of hydrogen-bond donors (Lipinski definition) is 1. The Morgan fingerprint density at radius 2 is 2.14 bits per heavy atom. The molecule has 1 heterocycles. The minimum Gasteiger partial charge on any atom is -0.487 e. The van der Waals surface area contributed by atoms with Crippen molar-refractivity contribution in [2.75, 3.05) is 13.7 Å². The maximum Gasteiger partial charge on any atom is 0.162 e. The number of nitrogens with one attached hydrogen (secondary N) is 1. The molecule has 0 aliphatic heterocycles. The average molecular weight is 290 g/mol. The third-order valence-electron chi connectivity index (χ3n) is 3.12. The molecule has 0 bridgehead atoms. The van der Waals surface area contributed by atoms with Gasteiger partial charge in [-0.1, -0.05) is 30.3 Å². The van der Waals surface area contributed by atoms with Crippen LogP contribution in [0.25, 0.3) is 0 Å². The first-order valence-electron chi connectivity index (χ1n) is 7.10. The first-order chi connectivity index (χ1) is 10.2. The summed E-state index contributed by atoms with van der Waals surface area (Å²) in [6.45, 7) is 6.66. The van der Waals surface area contributed by atoms with Crippen molar-refractivity contribution in [2.45, 2.75) is 33.6 Å². The zero-order valence-corrected chi connectivity index (χ0v) is 12.8. The summed E-state index contributed by atoms with van der Waals surface area (Å²) in [6.07, 6.45) is 0. The van der Waals surface area contributed by atoms with E-state index in [-0.39, 0.29) is 0 Å².